The number of carbonyl (C=O) groups is 2. The van der Waals surface area contributed by atoms with E-state index < -0.39 is 35.0 Å². The molecule has 0 aliphatic heterocycles. The molecule has 126 valence electrons. The van der Waals surface area contributed by atoms with E-state index >= 15 is 0 Å². The number of benzene rings is 1. The number of carboxylic acid groups (broad SMARTS) is 1. The fourth-order valence-electron chi connectivity index (χ4n) is 2.87. The topological polar surface area (TPSA) is 75.6 Å². The van der Waals surface area contributed by atoms with Crippen LogP contribution in [0.2, 0.25) is 0 Å². The van der Waals surface area contributed by atoms with Crippen LogP contribution in [0.15, 0.2) is 18.2 Å². The molecule has 1 aromatic carbocycles. The lowest BCUT2D eigenvalue weighted by molar-refractivity contribution is -0.144. The zero-order valence-corrected chi connectivity index (χ0v) is 12.8. The average Bonchev–Trinajstić information content (AvgIpc) is 2.45. The van der Waals surface area contributed by atoms with Gasteiger partial charge in [-0.25, -0.2) is 13.6 Å². The molecule has 1 aromatic rings. The van der Waals surface area contributed by atoms with Gasteiger partial charge in [-0.3, -0.25) is 4.79 Å². The minimum Gasteiger partial charge on any atom is -0.480 e. The summed E-state index contributed by atoms with van der Waals surface area (Å²) in [6.07, 6.45) is 1.30. The molecule has 1 aliphatic carbocycles. The van der Waals surface area contributed by atoms with Crippen LogP contribution in [-0.4, -0.2) is 36.7 Å². The molecule has 1 amide bonds. The highest BCUT2D eigenvalue weighted by Crippen LogP contribution is 2.46. The Bertz CT molecular complexity index is 581. The second-order valence-electron chi connectivity index (χ2n) is 5.68. The normalized spacial score (nSPS) is 17.2. The number of ether oxygens (including phenoxy) is 1. The van der Waals surface area contributed by atoms with E-state index in [1.165, 1.54) is 13.2 Å². The third kappa shape index (κ3) is 3.34. The van der Waals surface area contributed by atoms with Gasteiger partial charge < -0.3 is 15.2 Å². The molecule has 0 saturated heterocycles. The summed E-state index contributed by atoms with van der Waals surface area (Å²) in [5.74, 6) is -3.44. The van der Waals surface area contributed by atoms with Crippen molar-refractivity contribution >= 4 is 11.9 Å². The first kappa shape index (κ1) is 17.3. The number of carboxylic acids is 1. The van der Waals surface area contributed by atoms with Crippen LogP contribution in [-0.2, 0) is 19.7 Å². The first-order valence-corrected chi connectivity index (χ1v) is 7.39. The monoisotopic (exact) mass is 327 g/mol. The third-order valence-corrected chi connectivity index (χ3v) is 4.30. The van der Waals surface area contributed by atoms with Crippen LogP contribution in [0.1, 0.15) is 31.2 Å². The van der Waals surface area contributed by atoms with Crippen LogP contribution < -0.4 is 5.32 Å². The Morgan fingerprint density at radius 3 is 2.39 bits per heavy atom. The zero-order chi connectivity index (χ0) is 17.0. The van der Waals surface area contributed by atoms with Gasteiger partial charge in [0.25, 0.3) is 0 Å². The summed E-state index contributed by atoms with van der Waals surface area (Å²) in [6, 6.07) is 2.28. The Balaban J connectivity index is 2.26. The van der Waals surface area contributed by atoms with Gasteiger partial charge in [0.1, 0.15) is 17.7 Å². The van der Waals surface area contributed by atoms with Gasteiger partial charge in [-0.1, -0.05) is 12.5 Å². The van der Waals surface area contributed by atoms with Gasteiger partial charge in [-0.2, -0.15) is 0 Å². The van der Waals surface area contributed by atoms with E-state index in [0.29, 0.717) is 6.42 Å². The summed E-state index contributed by atoms with van der Waals surface area (Å²) in [6.45, 7) is 0.151. The number of amides is 1. The van der Waals surface area contributed by atoms with Crippen molar-refractivity contribution in [2.24, 2.45) is 0 Å². The van der Waals surface area contributed by atoms with Crippen molar-refractivity contribution in [3.05, 3.63) is 35.4 Å². The molecule has 1 aliphatic rings. The minimum atomic E-state index is -1.34. The van der Waals surface area contributed by atoms with Gasteiger partial charge in [-0.15, -0.1) is 0 Å². The van der Waals surface area contributed by atoms with E-state index in [1.54, 1.807) is 0 Å². The number of hydrogen-bond acceptors (Lipinski definition) is 3. The highest BCUT2D eigenvalue weighted by molar-refractivity contribution is 5.92. The minimum absolute atomic E-state index is 0.0768. The molecule has 5 nitrogen and oxygen atoms in total. The molecule has 0 spiro atoms. The molecule has 0 bridgehead atoms. The molecule has 7 heteroatoms. The number of nitrogens with one attached hydrogen (secondary N) is 1. The van der Waals surface area contributed by atoms with Crippen LogP contribution in [0.5, 0.6) is 0 Å². The number of carbonyl (C=O) groups excluding carboxylic acids is 1. The third-order valence-electron chi connectivity index (χ3n) is 4.30. The smallest absolute Gasteiger partial charge is 0.326 e. The van der Waals surface area contributed by atoms with E-state index in [1.807, 2.05) is 0 Å². The summed E-state index contributed by atoms with van der Waals surface area (Å²) in [5.41, 5.74) is -1.62. The Labute approximate surface area is 132 Å². The first-order chi connectivity index (χ1) is 10.9. The Kier molecular flexibility index (Phi) is 5.30. The molecule has 0 radical (unpaired) electrons. The molecule has 1 saturated carbocycles. The molecule has 1 fully saturated rings. The maximum absolute atomic E-state index is 14.1. The number of methoxy groups -OCH3 is 1. The first-order valence-electron chi connectivity index (χ1n) is 7.39. The Morgan fingerprint density at radius 1 is 1.35 bits per heavy atom. The van der Waals surface area contributed by atoms with Gasteiger partial charge in [-0.05, 0) is 25.0 Å². The van der Waals surface area contributed by atoms with E-state index in [2.05, 4.69) is 5.32 Å². The number of aliphatic carboxylic acids is 1. The van der Waals surface area contributed by atoms with Crippen molar-refractivity contribution in [1.29, 1.82) is 0 Å². The second kappa shape index (κ2) is 7.04. The highest BCUT2D eigenvalue weighted by atomic mass is 19.1. The number of hydrogen-bond donors (Lipinski definition) is 2. The van der Waals surface area contributed by atoms with Crippen molar-refractivity contribution in [2.45, 2.75) is 37.1 Å². The molecular formula is C16H19F2NO4. The van der Waals surface area contributed by atoms with Crippen molar-refractivity contribution in [3.8, 4) is 0 Å². The molecule has 0 aromatic heterocycles. The van der Waals surface area contributed by atoms with Crippen molar-refractivity contribution in [1.82, 2.24) is 5.32 Å². The maximum atomic E-state index is 14.1. The maximum Gasteiger partial charge on any atom is 0.326 e. The van der Waals surface area contributed by atoms with Crippen LogP contribution in [0, 0.1) is 11.6 Å². The van der Waals surface area contributed by atoms with Gasteiger partial charge in [0.05, 0.1) is 5.41 Å². The summed E-state index contributed by atoms with van der Waals surface area (Å²) in [4.78, 5) is 23.8. The van der Waals surface area contributed by atoms with Crippen molar-refractivity contribution in [2.75, 3.05) is 13.7 Å². The van der Waals surface area contributed by atoms with Crippen LogP contribution in [0.25, 0.3) is 0 Å². The Morgan fingerprint density at radius 2 is 1.96 bits per heavy atom. The fourth-order valence-corrected chi connectivity index (χ4v) is 2.87. The summed E-state index contributed by atoms with van der Waals surface area (Å²) in [7, 11) is 1.42. The van der Waals surface area contributed by atoms with Gasteiger partial charge >= 0.3 is 5.97 Å². The molecule has 2 N–H and O–H groups in total. The molecule has 2 rings (SSSR count). The van der Waals surface area contributed by atoms with Crippen LogP contribution in [0.4, 0.5) is 8.78 Å². The zero-order valence-electron chi connectivity index (χ0n) is 12.8. The van der Waals surface area contributed by atoms with Crippen molar-refractivity contribution in [3.63, 3.8) is 0 Å². The summed E-state index contributed by atoms with van der Waals surface area (Å²) >= 11 is 0. The lowest BCUT2D eigenvalue weighted by Gasteiger charge is -2.41. The lowest BCUT2D eigenvalue weighted by Crippen LogP contribution is -2.54. The van der Waals surface area contributed by atoms with E-state index in [9.17, 15) is 18.4 Å². The molecule has 23 heavy (non-hydrogen) atoms. The predicted molar refractivity (Wildman–Crippen MR) is 77.9 cm³/mol. The molecule has 0 heterocycles. The van der Waals surface area contributed by atoms with Crippen molar-refractivity contribution < 1.29 is 28.2 Å². The largest absolute Gasteiger partial charge is 0.480 e. The average molecular weight is 327 g/mol. The SMILES string of the molecule is COCCC(NC(=O)C1(c2c(F)cccc2F)CCC1)C(=O)O. The fraction of sp³-hybridized carbons (Fsp3) is 0.500. The highest BCUT2D eigenvalue weighted by Gasteiger charge is 2.49. The number of rotatable bonds is 7. The quantitative estimate of drug-likeness (QED) is 0.803. The second-order valence-corrected chi connectivity index (χ2v) is 5.68. The van der Waals surface area contributed by atoms with Crippen LogP contribution in [0.3, 0.4) is 0 Å². The summed E-state index contributed by atoms with van der Waals surface area (Å²) in [5, 5.41) is 11.6. The van der Waals surface area contributed by atoms with Gasteiger partial charge in [0.15, 0.2) is 0 Å². The molecule has 1 unspecified atom stereocenters. The Hall–Kier alpha value is -2.02. The number of halogens is 2. The van der Waals surface area contributed by atoms with E-state index in [-0.39, 0.29) is 31.4 Å². The van der Waals surface area contributed by atoms with Gasteiger partial charge in [0.2, 0.25) is 5.91 Å². The van der Waals surface area contributed by atoms with E-state index in [4.69, 9.17) is 9.84 Å². The summed E-state index contributed by atoms with van der Waals surface area (Å²) < 4.78 is 33.0. The molecule has 1 atom stereocenters. The standard InChI is InChI=1S/C16H19F2NO4/c1-23-9-6-12(14(20)21)19-15(22)16(7-3-8-16)13-10(17)4-2-5-11(13)18/h2,4-5,12H,3,6-9H2,1H3,(H,19,22)(H,20,21). The van der Waals surface area contributed by atoms with Gasteiger partial charge in [0, 0.05) is 25.7 Å². The predicted octanol–water partition coefficient (Wildman–Crippen LogP) is 1.99. The van der Waals surface area contributed by atoms with E-state index in [0.717, 1.165) is 12.1 Å². The van der Waals surface area contributed by atoms with Crippen LogP contribution >= 0.6 is 0 Å². The lowest BCUT2D eigenvalue weighted by atomic mass is 9.63. The molecular weight excluding hydrogens is 308 g/mol.